The maximum absolute atomic E-state index is 12.1. The van der Waals surface area contributed by atoms with E-state index in [-0.39, 0.29) is 5.91 Å². The summed E-state index contributed by atoms with van der Waals surface area (Å²) in [5, 5.41) is 2.99. The summed E-state index contributed by atoms with van der Waals surface area (Å²) < 4.78 is 4.00. The van der Waals surface area contributed by atoms with Crippen LogP contribution in [-0.4, -0.2) is 25.0 Å². The zero-order valence-electron chi connectivity index (χ0n) is 14.2. The number of rotatable bonds is 5. The smallest absolute Gasteiger partial charge is 0.226 e. The van der Waals surface area contributed by atoms with Crippen LogP contribution in [-0.2, 0) is 24.8 Å². The van der Waals surface area contributed by atoms with E-state index < -0.39 is 0 Å². The zero-order chi connectivity index (χ0) is 17.1. The molecule has 0 fully saturated rings. The number of aromatic nitrogens is 4. The Morgan fingerprint density at radius 2 is 2.08 bits per heavy atom. The highest BCUT2D eigenvalue weighted by Crippen LogP contribution is 2.20. The molecule has 0 radical (unpaired) electrons. The van der Waals surface area contributed by atoms with Crippen molar-refractivity contribution in [2.45, 2.75) is 26.8 Å². The number of amides is 1. The number of imidazole rings is 1. The van der Waals surface area contributed by atoms with Crippen molar-refractivity contribution in [1.82, 2.24) is 24.4 Å². The minimum atomic E-state index is -0.00946. The van der Waals surface area contributed by atoms with Gasteiger partial charge >= 0.3 is 0 Å². The lowest BCUT2D eigenvalue weighted by Gasteiger charge is -2.10. The predicted molar refractivity (Wildman–Crippen MR) is 91.8 cm³/mol. The highest BCUT2D eigenvalue weighted by Gasteiger charge is 2.12. The molecule has 1 N–H and O–H groups in total. The Hall–Kier alpha value is -2.89. The Kier molecular flexibility index (Phi) is 4.46. The van der Waals surface area contributed by atoms with Gasteiger partial charge in [-0.1, -0.05) is 0 Å². The second-order valence-electron chi connectivity index (χ2n) is 5.89. The second-order valence-corrected chi connectivity index (χ2v) is 5.89. The van der Waals surface area contributed by atoms with Gasteiger partial charge in [0.05, 0.1) is 24.6 Å². The van der Waals surface area contributed by atoms with Gasteiger partial charge in [-0.3, -0.25) is 9.78 Å². The van der Waals surface area contributed by atoms with E-state index in [0.717, 1.165) is 28.3 Å². The molecule has 1 amide bonds. The van der Waals surface area contributed by atoms with Crippen LogP contribution in [0, 0.1) is 13.8 Å². The molecule has 6 nitrogen and oxygen atoms in total. The molecule has 0 unspecified atom stereocenters. The van der Waals surface area contributed by atoms with Crippen LogP contribution < -0.4 is 5.32 Å². The first-order valence-electron chi connectivity index (χ1n) is 7.86. The minimum absolute atomic E-state index is 0.00946. The molecule has 0 saturated carbocycles. The van der Waals surface area contributed by atoms with Crippen LogP contribution >= 0.6 is 0 Å². The van der Waals surface area contributed by atoms with Gasteiger partial charge in [0.15, 0.2) is 0 Å². The van der Waals surface area contributed by atoms with Crippen molar-refractivity contribution in [3.63, 3.8) is 0 Å². The molecule has 0 aliphatic rings. The van der Waals surface area contributed by atoms with E-state index >= 15 is 0 Å². The standard InChI is InChI=1S/C18H21N5O/c1-13-7-15(14(2)23(13)16-5-4-6-19-10-16)9-21-18(24)8-17-11-20-12-22(17)3/h4-7,10-12H,8-9H2,1-3H3,(H,21,24). The maximum Gasteiger partial charge on any atom is 0.226 e. The molecule has 3 aromatic rings. The van der Waals surface area contributed by atoms with Crippen molar-refractivity contribution in [3.05, 3.63) is 65.8 Å². The Morgan fingerprint density at radius 1 is 1.25 bits per heavy atom. The van der Waals surface area contributed by atoms with Crippen molar-refractivity contribution in [3.8, 4) is 5.69 Å². The van der Waals surface area contributed by atoms with E-state index in [1.165, 1.54) is 0 Å². The summed E-state index contributed by atoms with van der Waals surface area (Å²) in [7, 11) is 1.89. The highest BCUT2D eigenvalue weighted by molar-refractivity contribution is 5.78. The first-order chi connectivity index (χ1) is 11.6. The van der Waals surface area contributed by atoms with Gasteiger partial charge in [0, 0.05) is 43.1 Å². The van der Waals surface area contributed by atoms with Crippen molar-refractivity contribution < 1.29 is 4.79 Å². The molecule has 24 heavy (non-hydrogen) atoms. The Morgan fingerprint density at radius 3 is 2.75 bits per heavy atom. The van der Waals surface area contributed by atoms with E-state index in [4.69, 9.17) is 0 Å². The van der Waals surface area contributed by atoms with Gasteiger partial charge < -0.3 is 14.5 Å². The number of nitrogens with one attached hydrogen (secondary N) is 1. The van der Waals surface area contributed by atoms with E-state index in [2.05, 4.69) is 39.8 Å². The van der Waals surface area contributed by atoms with Gasteiger partial charge in [0.25, 0.3) is 0 Å². The number of carbonyl (C=O) groups is 1. The van der Waals surface area contributed by atoms with Gasteiger partial charge in [0.1, 0.15) is 0 Å². The first-order valence-corrected chi connectivity index (χ1v) is 7.86. The fraction of sp³-hybridized carbons (Fsp3) is 0.278. The number of hydrogen-bond donors (Lipinski definition) is 1. The topological polar surface area (TPSA) is 64.7 Å². The van der Waals surface area contributed by atoms with E-state index in [0.29, 0.717) is 13.0 Å². The number of hydrogen-bond acceptors (Lipinski definition) is 3. The summed E-state index contributed by atoms with van der Waals surface area (Å²) in [6, 6.07) is 6.05. The molecule has 3 heterocycles. The number of carbonyl (C=O) groups excluding carboxylic acids is 1. The summed E-state index contributed by atoms with van der Waals surface area (Å²) in [6.45, 7) is 4.63. The third-order valence-corrected chi connectivity index (χ3v) is 4.17. The van der Waals surface area contributed by atoms with Crippen LogP contribution in [0.1, 0.15) is 22.6 Å². The van der Waals surface area contributed by atoms with Crippen LogP contribution in [0.15, 0.2) is 43.1 Å². The summed E-state index contributed by atoms with van der Waals surface area (Å²) in [5.74, 6) is -0.00946. The van der Waals surface area contributed by atoms with Crippen LogP contribution in [0.3, 0.4) is 0 Å². The van der Waals surface area contributed by atoms with Crippen molar-refractivity contribution in [2.75, 3.05) is 0 Å². The van der Waals surface area contributed by atoms with Crippen molar-refractivity contribution >= 4 is 5.91 Å². The first kappa shape index (κ1) is 16.0. The molecular weight excluding hydrogens is 302 g/mol. The molecule has 6 heteroatoms. The van der Waals surface area contributed by atoms with Gasteiger partial charge in [-0.25, -0.2) is 4.98 Å². The third-order valence-electron chi connectivity index (χ3n) is 4.17. The summed E-state index contributed by atoms with van der Waals surface area (Å²) in [5.41, 5.74) is 5.26. The van der Waals surface area contributed by atoms with Crippen LogP contribution in [0.5, 0.6) is 0 Å². The van der Waals surface area contributed by atoms with Crippen molar-refractivity contribution in [1.29, 1.82) is 0 Å². The Labute approximate surface area is 141 Å². The van der Waals surface area contributed by atoms with E-state index in [1.807, 2.05) is 29.9 Å². The number of nitrogens with zero attached hydrogens (tertiary/aromatic N) is 4. The molecule has 0 aliphatic carbocycles. The molecule has 0 spiro atoms. The molecule has 0 aromatic carbocycles. The summed E-state index contributed by atoms with van der Waals surface area (Å²) in [4.78, 5) is 20.3. The molecular formula is C18H21N5O. The summed E-state index contributed by atoms with van der Waals surface area (Å²) >= 11 is 0. The van der Waals surface area contributed by atoms with Gasteiger partial charge in [-0.05, 0) is 37.6 Å². The third kappa shape index (κ3) is 3.22. The normalized spacial score (nSPS) is 10.8. The van der Waals surface area contributed by atoms with Crippen LogP contribution in [0.4, 0.5) is 0 Å². The maximum atomic E-state index is 12.1. The monoisotopic (exact) mass is 323 g/mol. The van der Waals surface area contributed by atoms with Gasteiger partial charge in [0.2, 0.25) is 5.91 Å². The van der Waals surface area contributed by atoms with Crippen molar-refractivity contribution in [2.24, 2.45) is 7.05 Å². The van der Waals surface area contributed by atoms with Gasteiger partial charge in [-0.2, -0.15) is 0 Å². The fourth-order valence-corrected chi connectivity index (χ4v) is 2.87. The molecule has 124 valence electrons. The molecule has 0 atom stereocenters. The SMILES string of the molecule is Cc1cc(CNC(=O)Cc2cncn2C)c(C)n1-c1cccnc1. The number of aryl methyl sites for hydroxylation is 2. The minimum Gasteiger partial charge on any atom is -0.352 e. The average Bonchev–Trinajstić information content (AvgIpc) is 3.09. The highest BCUT2D eigenvalue weighted by atomic mass is 16.1. The lowest BCUT2D eigenvalue weighted by molar-refractivity contribution is -0.120. The second kappa shape index (κ2) is 6.70. The molecule has 0 saturated heterocycles. The fourth-order valence-electron chi connectivity index (χ4n) is 2.87. The largest absolute Gasteiger partial charge is 0.352 e. The molecule has 3 aromatic heterocycles. The van der Waals surface area contributed by atoms with Gasteiger partial charge in [-0.15, -0.1) is 0 Å². The molecule has 3 rings (SSSR count). The van der Waals surface area contributed by atoms with E-state index in [1.54, 1.807) is 18.7 Å². The lowest BCUT2D eigenvalue weighted by Crippen LogP contribution is -2.25. The quantitative estimate of drug-likeness (QED) is 0.782. The summed E-state index contributed by atoms with van der Waals surface area (Å²) in [6.07, 6.45) is 7.35. The van der Waals surface area contributed by atoms with Crippen LogP contribution in [0.25, 0.3) is 5.69 Å². The average molecular weight is 323 g/mol. The lowest BCUT2D eigenvalue weighted by atomic mass is 10.2. The molecule has 0 bridgehead atoms. The Bertz CT molecular complexity index is 848. The van der Waals surface area contributed by atoms with Crippen LogP contribution in [0.2, 0.25) is 0 Å². The molecule has 0 aliphatic heterocycles. The van der Waals surface area contributed by atoms with E-state index in [9.17, 15) is 4.79 Å². The predicted octanol–water partition coefficient (Wildman–Crippen LogP) is 2.08. The Balaban J connectivity index is 1.70. The zero-order valence-corrected chi connectivity index (χ0v) is 14.2. The number of pyridine rings is 1.